The van der Waals surface area contributed by atoms with Crippen LogP contribution < -0.4 is 10.6 Å². The van der Waals surface area contributed by atoms with E-state index < -0.39 is 0 Å². The van der Waals surface area contributed by atoms with Crippen LogP contribution in [0, 0.1) is 0 Å². The van der Waals surface area contributed by atoms with Gasteiger partial charge in [0.15, 0.2) is 0 Å². The lowest BCUT2D eigenvalue weighted by atomic mass is 9.96. The molecule has 2 N–H and O–H groups in total. The molecule has 6 heteroatoms. The minimum absolute atomic E-state index is 0.123. The number of urea groups is 1. The highest BCUT2D eigenvalue weighted by Gasteiger charge is 2.44. The van der Waals surface area contributed by atoms with Gasteiger partial charge in [-0.05, 0) is 36.1 Å². The Balaban J connectivity index is 1.27. The number of nitrogens with one attached hydrogen (secondary N) is 2. The van der Waals surface area contributed by atoms with Crippen LogP contribution in [0.3, 0.4) is 0 Å². The van der Waals surface area contributed by atoms with Crippen molar-refractivity contribution in [2.45, 2.75) is 24.8 Å². The van der Waals surface area contributed by atoms with Crippen LogP contribution in [-0.2, 0) is 12.0 Å². The largest absolute Gasteiger partial charge is 0.337 e. The Kier molecular flexibility index (Phi) is 4.39. The Labute approximate surface area is 152 Å². The summed E-state index contributed by atoms with van der Waals surface area (Å²) in [7, 11) is 0. The molecule has 4 rings (SSSR count). The summed E-state index contributed by atoms with van der Waals surface area (Å²) in [6, 6.07) is 18.1. The molecule has 1 aliphatic carbocycles. The molecule has 2 amide bonds. The van der Waals surface area contributed by atoms with Crippen LogP contribution in [0.1, 0.15) is 24.0 Å². The van der Waals surface area contributed by atoms with E-state index in [0.717, 1.165) is 24.1 Å². The summed E-state index contributed by atoms with van der Waals surface area (Å²) >= 11 is 0. The van der Waals surface area contributed by atoms with E-state index in [1.54, 1.807) is 11.0 Å². The zero-order valence-electron chi connectivity index (χ0n) is 14.4. The maximum absolute atomic E-state index is 12.1. The van der Waals surface area contributed by atoms with Crippen molar-refractivity contribution in [2.24, 2.45) is 0 Å². The molecule has 26 heavy (non-hydrogen) atoms. The van der Waals surface area contributed by atoms with Crippen LogP contribution in [0.15, 0.2) is 67.3 Å². The first-order valence-electron chi connectivity index (χ1n) is 8.76. The van der Waals surface area contributed by atoms with E-state index in [1.165, 1.54) is 11.9 Å². The second-order valence-electron chi connectivity index (χ2n) is 6.69. The number of carbonyl (C=O) groups excluding carboxylic acids is 1. The fourth-order valence-electron chi connectivity index (χ4n) is 3.11. The molecule has 1 heterocycles. The quantitative estimate of drug-likeness (QED) is 0.720. The molecular formula is C20H21N5O. The van der Waals surface area contributed by atoms with E-state index in [-0.39, 0.29) is 11.4 Å². The van der Waals surface area contributed by atoms with Gasteiger partial charge in [-0.1, -0.05) is 42.5 Å². The summed E-state index contributed by atoms with van der Waals surface area (Å²) in [5.74, 6) is 0. The van der Waals surface area contributed by atoms with Crippen LogP contribution in [0.2, 0.25) is 0 Å². The predicted molar refractivity (Wildman–Crippen MR) is 99.0 cm³/mol. The minimum Gasteiger partial charge on any atom is -0.337 e. The van der Waals surface area contributed by atoms with Crippen molar-refractivity contribution in [3.05, 3.63) is 78.4 Å². The Morgan fingerprint density at radius 2 is 1.81 bits per heavy atom. The Hall–Kier alpha value is -3.15. The van der Waals surface area contributed by atoms with E-state index in [1.807, 2.05) is 30.3 Å². The van der Waals surface area contributed by atoms with Gasteiger partial charge < -0.3 is 10.6 Å². The van der Waals surface area contributed by atoms with Crippen LogP contribution in [-0.4, -0.2) is 27.3 Å². The number of amides is 2. The predicted octanol–water partition coefficient (Wildman–Crippen LogP) is 2.80. The molecule has 132 valence electrons. The molecule has 1 aromatic heterocycles. The molecule has 1 saturated carbocycles. The minimum atomic E-state index is -0.132. The Morgan fingerprint density at radius 3 is 2.46 bits per heavy atom. The van der Waals surface area contributed by atoms with Gasteiger partial charge in [0.2, 0.25) is 0 Å². The van der Waals surface area contributed by atoms with Crippen molar-refractivity contribution in [3.63, 3.8) is 0 Å². The van der Waals surface area contributed by atoms with Gasteiger partial charge in [-0.3, -0.25) is 0 Å². The molecule has 2 aromatic carbocycles. The number of hydrogen-bond donors (Lipinski definition) is 2. The number of hydrogen-bond acceptors (Lipinski definition) is 3. The molecule has 1 aliphatic rings. The van der Waals surface area contributed by atoms with Crippen molar-refractivity contribution in [1.29, 1.82) is 0 Å². The second kappa shape index (κ2) is 7.00. The average molecular weight is 347 g/mol. The van der Waals surface area contributed by atoms with Gasteiger partial charge >= 0.3 is 6.03 Å². The SMILES string of the molecule is O=C(NCc1ccc(-n2cncn2)cc1)NCC1(c2ccccc2)CC1. The summed E-state index contributed by atoms with van der Waals surface area (Å²) in [4.78, 5) is 16.1. The lowest BCUT2D eigenvalue weighted by molar-refractivity contribution is 0.239. The van der Waals surface area contributed by atoms with Gasteiger partial charge in [0.1, 0.15) is 12.7 Å². The third-order valence-electron chi connectivity index (χ3n) is 4.90. The summed E-state index contributed by atoms with van der Waals surface area (Å²) < 4.78 is 1.70. The first-order valence-corrected chi connectivity index (χ1v) is 8.76. The van der Waals surface area contributed by atoms with Crippen molar-refractivity contribution < 1.29 is 4.79 Å². The van der Waals surface area contributed by atoms with Crippen LogP contribution in [0.4, 0.5) is 4.79 Å². The highest BCUT2D eigenvalue weighted by molar-refractivity contribution is 5.74. The van der Waals surface area contributed by atoms with Crippen molar-refractivity contribution >= 4 is 6.03 Å². The summed E-state index contributed by atoms with van der Waals surface area (Å²) in [5, 5.41) is 10.0. The molecular weight excluding hydrogens is 326 g/mol. The number of nitrogens with zero attached hydrogens (tertiary/aromatic N) is 3. The molecule has 0 bridgehead atoms. The summed E-state index contributed by atoms with van der Waals surface area (Å²) in [6.45, 7) is 1.16. The molecule has 0 atom stereocenters. The maximum Gasteiger partial charge on any atom is 0.315 e. The monoisotopic (exact) mass is 347 g/mol. The standard InChI is InChI=1S/C20H21N5O/c26-19(23-13-20(10-11-20)17-4-2-1-3-5-17)22-12-16-6-8-18(9-7-16)25-15-21-14-24-25/h1-9,14-15H,10-13H2,(H2,22,23,26). The highest BCUT2D eigenvalue weighted by atomic mass is 16.2. The number of rotatable bonds is 6. The van der Waals surface area contributed by atoms with E-state index in [9.17, 15) is 4.79 Å². The Morgan fingerprint density at radius 1 is 1.04 bits per heavy atom. The smallest absolute Gasteiger partial charge is 0.315 e. The molecule has 0 spiro atoms. The van der Waals surface area contributed by atoms with Gasteiger partial charge in [-0.2, -0.15) is 5.10 Å². The number of aromatic nitrogens is 3. The lowest BCUT2D eigenvalue weighted by Gasteiger charge is -2.17. The first kappa shape index (κ1) is 16.3. The molecule has 0 unspecified atom stereocenters. The third kappa shape index (κ3) is 3.59. The van der Waals surface area contributed by atoms with Gasteiger partial charge in [-0.15, -0.1) is 0 Å². The van der Waals surface area contributed by atoms with E-state index in [4.69, 9.17) is 0 Å². The van der Waals surface area contributed by atoms with E-state index in [0.29, 0.717) is 13.1 Å². The summed E-state index contributed by atoms with van der Waals surface area (Å²) in [5.41, 5.74) is 3.41. The maximum atomic E-state index is 12.1. The zero-order chi connectivity index (χ0) is 17.8. The topological polar surface area (TPSA) is 71.8 Å². The van der Waals surface area contributed by atoms with E-state index >= 15 is 0 Å². The Bertz CT molecular complexity index is 855. The van der Waals surface area contributed by atoms with Crippen LogP contribution >= 0.6 is 0 Å². The normalized spacial score (nSPS) is 14.6. The van der Waals surface area contributed by atoms with Crippen molar-refractivity contribution in [3.8, 4) is 5.69 Å². The van der Waals surface area contributed by atoms with Crippen molar-refractivity contribution in [1.82, 2.24) is 25.4 Å². The van der Waals surface area contributed by atoms with Crippen LogP contribution in [0.25, 0.3) is 5.69 Å². The van der Waals surface area contributed by atoms with E-state index in [2.05, 4.69) is 45.0 Å². The second-order valence-corrected chi connectivity index (χ2v) is 6.69. The lowest BCUT2D eigenvalue weighted by Crippen LogP contribution is -2.39. The fraction of sp³-hybridized carbons (Fsp3) is 0.250. The van der Waals surface area contributed by atoms with Gasteiger partial charge in [-0.25, -0.2) is 14.5 Å². The number of benzene rings is 2. The van der Waals surface area contributed by atoms with Gasteiger partial charge in [0.25, 0.3) is 0 Å². The molecule has 0 saturated heterocycles. The first-order chi connectivity index (χ1) is 12.8. The van der Waals surface area contributed by atoms with Gasteiger partial charge in [0.05, 0.1) is 5.69 Å². The average Bonchev–Trinajstić information content (AvgIpc) is 3.29. The van der Waals surface area contributed by atoms with Crippen LogP contribution in [0.5, 0.6) is 0 Å². The zero-order valence-corrected chi connectivity index (χ0v) is 14.4. The van der Waals surface area contributed by atoms with Crippen molar-refractivity contribution in [2.75, 3.05) is 6.54 Å². The molecule has 0 radical (unpaired) electrons. The molecule has 6 nitrogen and oxygen atoms in total. The van der Waals surface area contributed by atoms with Gasteiger partial charge in [0, 0.05) is 18.5 Å². The molecule has 0 aliphatic heterocycles. The molecule has 3 aromatic rings. The number of carbonyl (C=O) groups is 1. The molecule has 1 fully saturated rings. The highest BCUT2D eigenvalue weighted by Crippen LogP contribution is 2.47. The summed E-state index contributed by atoms with van der Waals surface area (Å²) in [6.07, 6.45) is 5.41. The fourth-order valence-corrected chi connectivity index (χ4v) is 3.11. The third-order valence-corrected chi connectivity index (χ3v) is 4.90.